The molecule has 7 heteroatoms. The number of ether oxygens (including phenoxy) is 2. The van der Waals surface area contributed by atoms with Gasteiger partial charge in [-0.25, -0.2) is 4.68 Å². The lowest BCUT2D eigenvalue weighted by Gasteiger charge is -2.43. The molecule has 1 spiro atoms. The number of rotatable bonds is 3. The van der Waals surface area contributed by atoms with Crippen molar-refractivity contribution in [1.82, 2.24) is 19.9 Å². The second-order valence-corrected chi connectivity index (χ2v) is 5.75. The number of carbonyl (C=O) groups excluding carboxylic acids is 1. The van der Waals surface area contributed by atoms with E-state index in [0.717, 1.165) is 12.8 Å². The van der Waals surface area contributed by atoms with Crippen molar-refractivity contribution in [1.29, 1.82) is 0 Å². The zero-order valence-corrected chi connectivity index (χ0v) is 12.6. The Morgan fingerprint density at radius 2 is 2.38 bits per heavy atom. The number of carbonyl (C=O) groups is 1. The largest absolute Gasteiger partial charge is 0.378 e. The van der Waals surface area contributed by atoms with Gasteiger partial charge in [0.05, 0.1) is 25.5 Å². The Balaban J connectivity index is 1.81. The molecule has 21 heavy (non-hydrogen) atoms. The number of aryl methyl sites for hydroxylation is 1. The van der Waals surface area contributed by atoms with Gasteiger partial charge in [-0.1, -0.05) is 12.1 Å². The van der Waals surface area contributed by atoms with E-state index in [2.05, 4.69) is 17.2 Å². The SMILES string of the molecule is CCC1CN(C(=O)c2cnnn2CC)CC2(CCOC2)O1. The third-order valence-electron chi connectivity index (χ3n) is 4.27. The fourth-order valence-corrected chi connectivity index (χ4v) is 3.08. The first kappa shape index (κ1) is 14.5. The minimum Gasteiger partial charge on any atom is -0.378 e. The predicted octanol–water partition coefficient (Wildman–Crippen LogP) is 0.708. The van der Waals surface area contributed by atoms with Gasteiger partial charge in [-0.2, -0.15) is 0 Å². The van der Waals surface area contributed by atoms with Crippen LogP contribution in [0, 0.1) is 0 Å². The van der Waals surface area contributed by atoms with E-state index < -0.39 is 0 Å². The van der Waals surface area contributed by atoms with Crippen LogP contribution in [0.4, 0.5) is 0 Å². The van der Waals surface area contributed by atoms with Crippen molar-refractivity contribution in [3.8, 4) is 0 Å². The molecule has 2 unspecified atom stereocenters. The van der Waals surface area contributed by atoms with E-state index in [4.69, 9.17) is 9.47 Å². The molecule has 0 N–H and O–H groups in total. The van der Waals surface area contributed by atoms with Crippen molar-refractivity contribution in [3.05, 3.63) is 11.9 Å². The molecule has 3 rings (SSSR count). The first-order valence-electron chi connectivity index (χ1n) is 7.61. The maximum atomic E-state index is 12.8. The van der Waals surface area contributed by atoms with Crippen LogP contribution in [0.1, 0.15) is 37.2 Å². The van der Waals surface area contributed by atoms with Crippen LogP contribution in [-0.4, -0.2) is 63.8 Å². The summed E-state index contributed by atoms with van der Waals surface area (Å²) in [5, 5.41) is 7.79. The lowest BCUT2D eigenvalue weighted by atomic mass is 9.98. The fraction of sp³-hybridized carbons (Fsp3) is 0.786. The van der Waals surface area contributed by atoms with E-state index >= 15 is 0 Å². The number of morpholine rings is 1. The van der Waals surface area contributed by atoms with Crippen LogP contribution in [0.2, 0.25) is 0 Å². The zero-order valence-electron chi connectivity index (χ0n) is 12.6. The molecule has 7 nitrogen and oxygen atoms in total. The van der Waals surface area contributed by atoms with Crippen molar-refractivity contribution in [2.75, 3.05) is 26.3 Å². The number of nitrogens with zero attached hydrogens (tertiary/aromatic N) is 4. The molecule has 2 saturated heterocycles. The fourth-order valence-electron chi connectivity index (χ4n) is 3.08. The Labute approximate surface area is 124 Å². The molecule has 2 fully saturated rings. The van der Waals surface area contributed by atoms with Gasteiger partial charge in [0, 0.05) is 26.1 Å². The molecule has 1 aromatic rings. The highest BCUT2D eigenvalue weighted by molar-refractivity contribution is 5.92. The minimum atomic E-state index is -0.334. The summed E-state index contributed by atoms with van der Waals surface area (Å²) >= 11 is 0. The highest BCUT2D eigenvalue weighted by Crippen LogP contribution is 2.31. The van der Waals surface area contributed by atoms with Crippen molar-refractivity contribution < 1.29 is 14.3 Å². The normalized spacial score (nSPS) is 29.2. The summed E-state index contributed by atoms with van der Waals surface area (Å²) in [5.41, 5.74) is 0.210. The first-order chi connectivity index (χ1) is 10.2. The van der Waals surface area contributed by atoms with Gasteiger partial charge in [0.15, 0.2) is 0 Å². The van der Waals surface area contributed by atoms with Crippen LogP contribution >= 0.6 is 0 Å². The van der Waals surface area contributed by atoms with Crippen LogP contribution in [0.5, 0.6) is 0 Å². The molecule has 1 aromatic heterocycles. The van der Waals surface area contributed by atoms with Crippen molar-refractivity contribution in [2.24, 2.45) is 0 Å². The Bertz CT molecular complexity index is 510. The monoisotopic (exact) mass is 294 g/mol. The van der Waals surface area contributed by atoms with Gasteiger partial charge in [-0.15, -0.1) is 5.10 Å². The Morgan fingerprint density at radius 1 is 1.52 bits per heavy atom. The molecule has 0 aliphatic carbocycles. The van der Waals surface area contributed by atoms with Crippen molar-refractivity contribution in [2.45, 2.75) is 44.9 Å². The molecule has 2 atom stereocenters. The van der Waals surface area contributed by atoms with E-state index in [1.165, 1.54) is 0 Å². The van der Waals surface area contributed by atoms with Crippen LogP contribution in [0.3, 0.4) is 0 Å². The molecule has 2 aliphatic rings. The molecule has 0 saturated carbocycles. The van der Waals surface area contributed by atoms with Gasteiger partial charge >= 0.3 is 0 Å². The Kier molecular flexibility index (Phi) is 3.95. The first-order valence-corrected chi connectivity index (χ1v) is 7.61. The predicted molar refractivity (Wildman–Crippen MR) is 74.9 cm³/mol. The molecule has 3 heterocycles. The maximum Gasteiger partial charge on any atom is 0.273 e. The average molecular weight is 294 g/mol. The molecule has 0 radical (unpaired) electrons. The van der Waals surface area contributed by atoms with E-state index in [1.807, 2.05) is 11.8 Å². The highest BCUT2D eigenvalue weighted by Gasteiger charge is 2.45. The smallest absolute Gasteiger partial charge is 0.273 e. The van der Waals surface area contributed by atoms with Gasteiger partial charge in [0.25, 0.3) is 5.91 Å². The molecule has 116 valence electrons. The summed E-state index contributed by atoms with van der Waals surface area (Å²) in [5.74, 6) is -0.0186. The standard InChI is InChI=1S/C14H22N4O3/c1-3-11-8-17(9-14(21-11)5-6-20-10-14)13(19)12-7-15-16-18(12)4-2/h7,11H,3-6,8-10H2,1-2H3. The number of aromatic nitrogens is 3. The highest BCUT2D eigenvalue weighted by atomic mass is 16.6. The summed E-state index contributed by atoms with van der Waals surface area (Å²) in [4.78, 5) is 14.6. The lowest BCUT2D eigenvalue weighted by Crippen LogP contribution is -2.57. The quantitative estimate of drug-likeness (QED) is 0.821. The Morgan fingerprint density at radius 3 is 3.05 bits per heavy atom. The maximum absolute atomic E-state index is 12.8. The third-order valence-corrected chi connectivity index (χ3v) is 4.27. The molecule has 2 aliphatic heterocycles. The summed E-state index contributed by atoms with van der Waals surface area (Å²) in [7, 11) is 0. The number of hydrogen-bond acceptors (Lipinski definition) is 5. The van der Waals surface area contributed by atoms with Crippen molar-refractivity contribution >= 4 is 5.91 Å². The van der Waals surface area contributed by atoms with Gasteiger partial charge in [0.1, 0.15) is 11.3 Å². The number of amides is 1. The van der Waals surface area contributed by atoms with Crippen LogP contribution in [0.15, 0.2) is 6.20 Å². The summed E-state index contributed by atoms with van der Waals surface area (Å²) in [6, 6.07) is 0. The Hall–Kier alpha value is -1.47. The summed E-state index contributed by atoms with van der Waals surface area (Å²) in [6.45, 7) is 7.14. The van der Waals surface area contributed by atoms with Gasteiger partial charge in [-0.3, -0.25) is 4.79 Å². The second-order valence-electron chi connectivity index (χ2n) is 5.75. The van der Waals surface area contributed by atoms with Crippen LogP contribution < -0.4 is 0 Å². The second kappa shape index (κ2) is 5.73. The van der Waals surface area contributed by atoms with Gasteiger partial charge in [-0.05, 0) is 13.3 Å². The van der Waals surface area contributed by atoms with Crippen molar-refractivity contribution in [3.63, 3.8) is 0 Å². The van der Waals surface area contributed by atoms with Crippen LogP contribution in [0.25, 0.3) is 0 Å². The van der Waals surface area contributed by atoms with Crippen LogP contribution in [-0.2, 0) is 16.0 Å². The third kappa shape index (κ3) is 2.67. The lowest BCUT2D eigenvalue weighted by molar-refractivity contribution is -0.145. The van der Waals surface area contributed by atoms with E-state index in [9.17, 15) is 4.79 Å². The molecule has 0 bridgehead atoms. The molecular weight excluding hydrogens is 272 g/mol. The minimum absolute atomic E-state index is 0.0186. The molecular formula is C14H22N4O3. The number of hydrogen-bond donors (Lipinski definition) is 0. The summed E-state index contributed by atoms with van der Waals surface area (Å²) < 4.78 is 13.3. The van der Waals surface area contributed by atoms with E-state index in [1.54, 1.807) is 10.9 Å². The van der Waals surface area contributed by atoms with Gasteiger partial charge < -0.3 is 14.4 Å². The average Bonchev–Trinajstić information content (AvgIpc) is 3.15. The molecule has 0 aromatic carbocycles. The van der Waals surface area contributed by atoms with E-state index in [-0.39, 0.29) is 17.6 Å². The van der Waals surface area contributed by atoms with Gasteiger partial charge in [0.2, 0.25) is 0 Å². The molecule has 1 amide bonds. The summed E-state index contributed by atoms with van der Waals surface area (Å²) in [6.07, 6.45) is 3.34. The van der Waals surface area contributed by atoms with E-state index in [0.29, 0.717) is 38.5 Å². The zero-order chi connectivity index (χ0) is 14.9. The topological polar surface area (TPSA) is 69.5 Å².